The summed E-state index contributed by atoms with van der Waals surface area (Å²) < 4.78 is 11.1. The van der Waals surface area contributed by atoms with E-state index in [1.165, 1.54) is 0 Å². The van der Waals surface area contributed by atoms with Gasteiger partial charge in [-0.1, -0.05) is 13.0 Å². The van der Waals surface area contributed by atoms with Crippen LogP contribution < -0.4 is 15.2 Å². The van der Waals surface area contributed by atoms with Crippen molar-refractivity contribution in [1.29, 1.82) is 0 Å². The highest BCUT2D eigenvalue weighted by atomic mass is 16.5. The van der Waals surface area contributed by atoms with Crippen molar-refractivity contribution in [1.82, 2.24) is 4.90 Å². The number of aryl methyl sites for hydroxylation is 1. The standard InChI is InChI=1S/C18H28N2O3/c1-14-7-10-20(11-8-14)18(21)13-23-16-6-5-15(4-3-9-19)12-17(16)22-2/h5-6,12,14H,3-4,7-11,13,19H2,1-2H3. The molecule has 128 valence electrons. The minimum absolute atomic E-state index is 0.0474. The van der Waals surface area contributed by atoms with Gasteiger partial charge in [0, 0.05) is 13.1 Å². The Bertz CT molecular complexity index is 511. The zero-order chi connectivity index (χ0) is 16.7. The smallest absolute Gasteiger partial charge is 0.260 e. The zero-order valence-corrected chi connectivity index (χ0v) is 14.2. The molecule has 0 radical (unpaired) electrons. The minimum Gasteiger partial charge on any atom is -0.493 e. The molecule has 1 fully saturated rings. The maximum atomic E-state index is 12.2. The number of benzene rings is 1. The number of ether oxygens (including phenoxy) is 2. The summed E-state index contributed by atoms with van der Waals surface area (Å²) in [7, 11) is 1.61. The molecule has 1 saturated heterocycles. The summed E-state index contributed by atoms with van der Waals surface area (Å²) in [6, 6.07) is 5.83. The molecular formula is C18H28N2O3. The molecule has 1 amide bonds. The van der Waals surface area contributed by atoms with E-state index in [2.05, 4.69) is 6.92 Å². The minimum atomic E-state index is 0.0474. The summed E-state index contributed by atoms with van der Waals surface area (Å²) in [5, 5.41) is 0. The normalized spacial score (nSPS) is 15.5. The Kier molecular flexibility index (Phi) is 6.71. The second-order valence-electron chi connectivity index (χ2n) is 6.23. The van der Waals surface area contributed by atoms with Gasteiger partial charge in [-0.3, -0.25) is 4.79 Å². The number of hydrogen-bond donors (Lipinski definition) is 1. The van der Waals surface area contributed by atoms with E-state index < -0.39 is 0 Å². The van der Waals surface area contributed by atoms with Crippen molar-refractivity contribution in [2.45, 2.75) is 32.6 Å². The third kappa shape index (κ3) is 5.13. The molecule has 1 aromatic carbocycles. The summed E-state index contributed by atoms with van der Waals surface area (Å²) in [5.41, 5.74) is 6.70. The summed E-state index contributed by atoms with van der Waals surface area (Å²) >= 11 is 0. The lowest BCUT2D eigenvalue weighted by Gasteiger charge is -2.30. The first-order valence-electron chi connectivity index (χ1n) is 8.41. The average Bonchev–Trinajstić information content (AvgIpc) is 2.58. The first-order chi connectivity index (χ1) is 11.1. The summed E-state index contributed by atoms with van der Waals surface area (Å²) in [4.78, 5) is 14.1. The SMILES string of the molecule is COc1cc(CCCN)ccc1OCC(=O)N1CCC(C)CC1. The van der Waals surface area contributed by atoms with E-state index in [0.29, 0.717) is 24.0 Å². The molecule has 0 aromatic heterocycles. The van der Waals surface area contributed by atoms with E-state index in [1.54, 1.807) is 7.11 Å². The van der Waals surface area contributed by atoms with Gasteiger partial charge in [-0.2, -0.15) is 0 Å². The average molecular weight is 320 g/mol. The van der Waals surface area contributed by atoms with E-state index >= 15 is 0 Å². The molecule has 0 unspecified atom stereocenters. The van der Waals surface area contributed by atoms with Crippen molar-refractivity contribution in [3.05, 3.63) is 23.8 Å². The topological polar surface area (TPSA) is 64.8 Å². The molecule has 1 aromatic rings. The number of nitrogens with two attached hydrogens (primary N) is 1. The summed E-state index contributed by atoms with van der Waals surface area (Å²) in [6.45, 7) is 4.63. The van der Waals surface area contributed by atoms with Gasteiger partial charge in [0.05, 0.1) is 7.11 Å². The molecule has 1 heterocycles. The van der Waals surface area contributed by atoms with Crippen LogP contribution in [0.4, 0.5) is 0 Å². The van der Waals surface area contributed by atoms with Crippen LogP contribution in [0.1, 0.15) is 31.7 Å². The van der Waals surface area contributed by atoms with Gasteiger partial charge in [0.1, 0.15) is 0 Å². The van der Waals surface area contributed by atoms with Crippen LogP contribution in [0.15, 0.2) is 18.2 Å². The predicted molar refractivity (Wildman–Crippen MR) is 90.8 cm³/mol. The van der Waals surface area contributed by atoms with E-state index in [-0.39, 0.29) is 12.5 Å². The molecule has 0 bridgehead atoms. The van der Waals surface area contributed by atoms with Crippen molar-refractivity contribution in [3.63, 3.8) is 0 Å². The van der Waals surface area contributed by atoms with Crippen LogP contribution >= 0.6 is 0 Å². The Morgan fingerprint density at radius 1 is 1.30 bits per heavy atom. The Balaban J connectivity index is 1.90. The highest BCUT2D eigenvalue weighted by molar-refractivity contribution is 5.78. The number of likely N-dealkylation sites (tertiary alicyclic amines) is 1. The van der Waals surface area contributed by atoms with Gasteiger partial charge in [0.15, 0.2) is 18.1 Å². The highest BCUT2D eigenvalue weighted by Gasteiger charge is 2.20. The monoisotopic (exact) mass is 320 g/mol. The van der Waals surface area contributed by atoms with Crippen molar-refractivity contribution in [2.75, 3.05) is 33.4 Å². The second kappa shape index (κ2) is 8.77. The lowest BCUT2D eigenvalue weighted by molar-refractivity contribution is -0.134. The fourth-order valence-corrected chi connectivity index (χ4v) is 2.78. The van der Waals surface area contributed by atoms with Crippen LogP contribution in [-0.4, -0.2) is 44.2 Å². The first kappa shape index (κ1) is 17.6. The second-order valence-corrected chi connectivity index (χ2v) is 6.23. The van der Waals surface area contributed by atoms with Crippen molar-refractivity contribution in [3.8, 4) is 11.5 Å². The van der Waals surface area contributed by atoms with Crippen molar-refractivity contribution in [2.24, 2.45) is 11.7 Å². The Morgan fingerprint density at radius 2 is 2.04 bits per heavy atom. The van der Waals surface area contributed by atoms with Gasteiger partial charge < -0.3 is 20.1 Å². The van der Waals surface area contributed by atoms with E-state index in [4.69, 9.17) is 15.2 Å². The van der Waals surface area contributed by atoms with Gasteiger partial charge in [-0.15, -0.1) is 0 Å². The quantitative estimate of drug-likeness (QED) is 0.837. The van der Waals surface area contributed by atoms with Crippen LogP contribution in [0.3, 0.4) is 0 Å². The van der Waals surface area contributed by atoms with Gasteiger partial charge in [0.25, 0.3) is 5.91 Å². The van der Waals surface area contributed by atoms with Gasteiger partial charge in [0.2, 0.25) is 0 Å². The predicted octanol–water partition coefficient (Wildman–Crippen LogP) is 2.22. The first-order valence-corrected chi connectivity index (χ1v) is 8.41. The van der Waals surface area contributed by atoms with Crippen molar-refractivity contribution < 1.29 is 14.3 Å². The molecule has 0 spiro atoms. The maximum absolute atomic E-state index is 12.2. The lowest BCUT2D eigenvalue weighted by Crippen LogP contribution is -2.40. The molecule has 0 saturated carbocycles. The van der Waals surface area contributed by atoms with Gasteiger partial charge in [-0.05, 0) is 55.8 Å². The maximum Gasteiger partial charge on any atom is 0.260 e. The fourth-order valence-electron chi connectivity index (χ4n) is 2.78. The number of methoxy groups -OCH3 is 1. The van der Waals surface area contributed by atoms with E-state index in [9.17, 15) is 4.79 Å². The Hall–Kier alpha value is -1.75. The molecule has 5 heteroatoms. The van der Waals surface area contributed by atoms with Crippen LogP contribution in [0.2, 0.25) is 0 Å². The van der Waals surface area contributed by atoms with Crippen LogP contribution in [0, 0.1) is 5.92 Å². The highest BCUT2D eigenvalue weighted by Crippen LogP contribution is 2.28. The van der Waals surface area contributed by atoms with E-state index in [1.807, 2.05) is 23.1 Å². The fraction of sp³-hybridized carbons (Fsp3) is 0.611. The molecule has 0 aliphatic carbocycles. The molecule has 0 atom stereocenters. The van der Waals surface area contributed by atoms with Crippen molar-refractivity contribution >= 4 is 5.91 Å². The zero-order valence-electron chi connectivity index (χ0n) is 14.2. The number of amides is 1. The molecule has 1 aliphatic rings. The lowest BCUT2D eigenvalue weighted by atomic mass is 9.99. The molecule has 2 N–H and O–H groups in total. The van der Waals surface area contributed by atoms with Crippen LogP contribution in [0.5, 0.6) is 11.5 Å². The van der Waals surface area contributed by atoms with Crippen LogP contribution in [0.25, 0.3) is 0 Å². The molecule has 1 aliphatic heterocycles. The van der Waals surface area contributed by atoms with Gasteiger partial charge in [-0.25, -0.2) is 0 Å². The number of rotatable bonds is 7. The number of carbonyl (C=O) groups is 1. The Labute approximate surface area is 138 Å². The molecule has 23 heavy (non-hydrogen) atoms. The largest absolute Gasteiger partial charge is 0.493 e. The van der Waals surface area contributed by atoms with E-state index in [0.717, 1.165) is 44.3 Å². The number of carbonyl (C=O) groups excluding carboxylic acids is 1. The molecular weight excluding hydrogens is 292 g/mol. The van der Waals surface area contributed by atoms with Crippen LogP contribution in [-0.2, 0) is 11.2 Å². The summed E-state index contributed by atoms with van der Waals surface area (Å²) in [6.07, 6.45) is 4.00. The third-order valence-corrected chi connectivity index (χ3v) is 4.39. The Morgan fingerprint density at radius 3 is 2.70 bits per heavy atom. The number of piperidine rings is 1. The molecule has 5 nitrogen and oxygen atoms in total. The summed E-state index contributed by atoms with van der Waals surface area (Å²) in [5.74, 6) is 2.04. The number of hydrogen-bond acceptors (Lipinski definition) is 4. The molecule has 2 rings (SSSR count). The number of nitrogens with zero attached hydrogens (tertiary/aromatic N) is 1. The third-order valence-electron chi connectivity index (χ3n) is 4.39. The van der Waals surface area contributed by atoms with Gasteiger partial charge >= 0.3 is 0 Å².